The topological polar surface area (TPSA) is 86.0 Å². The average Bonchev–Trinajstić information content (AvgIpc) is 2.57. The van der Waals surface area contributed by atoms with E-state index in [1.807, 2.05) is 0 Å². The van der Waals surface area contributed by atoms with E-state index in [0.29, 0.717) is 0 Å². The molecule has 0 saturated heterocycles. The van der Waals surface area contributed by atoms with Crippen LogP contribution in [0.2, 0.25) is 0 Å². The Kier molecular flexibility index (Phi) is 3.72. The van der Waals surface area contributed by atoms with Gasteiger partial charge in [0.15, 0.2) is 0 Å². The molecule has 0 unspecified atom stereocenters. The van der Waals surface area contributed by atoms with Crippen molar-refractivity contribution in [2.24, 2.45) is 14.1 Å². The molecule has 0 aliphatic carbocycles. The van der Waals surface area contributed by atoms with E-state index in [2.05, 4.69) is 10.3 Å². The largest absolute Gasteiger partial charge is 0.332 e. The second-order valence-electron chi connectivity index (χ2n) is 5.27. The Labute approximate surface area is 135 Å². The number of fused-ring (bicyclic) bond motifs is 1. The van der Waals surface area contributed by atoms with Crippen molar-refractivity contribution in [3.05, 3.63) is 68.7 Å². The fraction of sp³-hybridized carbons (Fsp3) is 0.125. The van der Waals surface area contributed by atoms with E-state index < -0.39 is 23.0 Å². The minimum absolute atomic E-state index is 0.127. The van der Waals surface area contributed by atoms with Crippen molar-refractivity contribution in [1.82, 2.24) is 14.1 Å². The van der Waals surface area contributed by atoms with Gasteiger partial charge in [-0.15, -0.1) is 0 Å². The third kappa shape index (κ3) is 2.58. The summed E-state index contributed by atoms with van der Waals surface area (Å²) in [5.41, 5.74) is -0.445. The molecule has 24 heavy (non-hydrogen) atoms. The van der Waals surface area contributed by atoms with E-state index >= 15 is 0 Å². The molecule has 0 fully saturated rings. The minimum atomic E-state index is -0.541. The number of pyridine rings is 1. The van der Waals surface area contributed by atoms with Crippen LogP contribution in [0.1, 0.15) is 10.4 Å². The maximum absolute atomic E-state index is 13.2. The zero-order chi connectivity index (χ0) is 17.4. The molecule has 0 bridgehead atoms. The van der Waals surface area contributed by atoms with Crippen LogP contribution in [0.15, 0.2) is 46.1 Å². The predicted octanol–water partition coefficient (Wildman–Crippen LogP) is 1.02. The lowest BCUT2D eigenvalue weighted by Gasteiger charge is -2.08. The van der Waals surface area contributed by atoms with Crippen molar-refractivity contribution in [3.8, 4) is 0 Å². The maximum atomic E-state index is 13.2. The molecule has 1 amide bonds. The summed E-state index contributed by atoms with van der Waals surface area (Å²) in [4.78, 5) is 40.4. The molecule has 7 nitrogen and oxygen atoms in total. The van der Waals surface area contributed by atoms with E-state index in [-0.39, 0.29) is 22.3 Å². The number of hydrogen-bond acceptors (Lipinski definition) is 4. The van der Waals surface area contributed by atoms with Crippen molar-refractivity contribution in [3.63, 3.8) is 0 Å². The molecule has 0 aliphatic heterocycles. The molecule has 0 saturated carbocycles. The van der Waals surface area contributed by atoms with Gasteiger partial charge >= 0.3 is 5.69 Å². The fourth-order valence-electron chi connectivity index (χ4n) is 2.36. The number of nitrogens with zero attached hydrogens (tertiary/aromatic N) is 3. The maximum Gasteiger partial charge on any atom is 0.332 e. The zero-order valence-electron chi connectivity index (χ0n) is 12.9. The van der Waals surface area contributed by atoms with Crippen molar-refractivity contribution in [2.75, 3.05) is 5.32 Å². The van der Waals surface area contributed by atoms with E-state index in [9.17, 15) is 18.8 Å². The number of anilines is 1. The normalized spacial score (nSPS) is 10.8. The number of rotatable bonds is 2. The Morgan fingerprint density at radius 1 is 1.17 bits per heavy atom. The summed E-state index contributed by atoms with van der Waals surface area (Å²) in [5.74, 6) is -1.01. The van der Waals surface area contributed by atoms with Crippen LogP contribution in [0.5, 0.6) is 0 Å². The number of carbonyl (C=O) groups is 1. The van der Waals surface area contributed by atoms with Gasteiger partial charge in [0.2, 0.25) is 0 Å². The molecule has 0 radical (unpaired) electrons. The molecular formula is C16H13FN4O3. The Morgan fingerprint density at radius 3 is 2.62 bits per heavy atom. The Bertz CT molecular complexity index is 1080. The number of nitrogens with one attached hydrogen (secondary N) is 1. The number of halogens is 1. The van der Waals surface area contributed by atoms with E-state index in [1.54, 1.807) is 0 Å². The average molecular weight is 328 g/mol. The number of hydrogen-bond donors (Lipinski definition) is 1. The van der Waals surface area contributed by atoms with Gasteiger partial charge in [0.05, 0.1) is 10.9 Å². The van der Waals surface area contributed by atoms with Crippen LogP contribution >= 0.6 is 0 Å². The zero-order valence-corrected chi connectivity index (χ0v) is 12.9. The van der Waals surface area contributed by atoms with Crippen molar-refractivity contribution in [1.29, 1.82) is 0 Å². The molecule has 122 valence electrons. The Morgan fingerprint density at radius 2 is 1.92 bits per heavy atom. The van der Waals surface area contributed by atoms with Crippen molar-refractivity contribution >= 4 is 22.6 Å². The first-order chi connectivity index (χ1) is 11.4. The summed E-state index contributed by atoms with van der Waals surface area (Å²) in [6.07, 6.45) is 1.26. The third-order valence-corrected chi connectivity index (χ3v) is 3.64. The molecule has 3 aromatic rings. The monoisotopic (exact) mass is 328 g/mol. The number of aryl methyl sites for hydroxylation is 1. The summed E-state index contributed by atoms with van der Waals surface area (Å²) in [7, 11) is 2.84. The number of amides is 1. The van der Waals surface area contributed by atoms with Gasteiger partial charge in [-0.1, -0.05) is 6.07 Å². The molecule has 2 aromatic heterocycles. The number of benzene rings is 1. The first kappa shape index (κ1) is 15.6. The lowest BCUT2D eigenvalue weighted by Crippen LogP contribution is -2.37. The van der Waals surface area contributed by atoms with Gasteiger partial charge in [0.25, 0.3) is 11.5 Å². The summed E-state index contributed by atoms with van der Waals surface area (Å²) in [5, 5.41) is 2.67. The van der Waals surface area contributed by atoms with Crippen LogP contribution in [-0.2, 0) is 14.1 Å². The van der Waals surface area contributed by atoms with Crippen LogP contribution in [0.3, 0.4) is 0 Å². The quantitative estimate of drug-likeness (QED) is 0.761. The van der Waals surface area contributed by atoms with Crippen LogP contribution in [0.25, 0.3) is 11.0 Å². The van der Waals surface area contributed by atoms with Crippen LogP contribution < -0.4 is 16.6 Å². The highest BCUT2D eigenvalue weighted by molar-refractivity contribution is 6.05. The highest BCUT2D eigenvalue weighted by Gasteiger charge is 2.13. The predicted molar refractivity (Wildman–Crippen MR) is 86.6 cm³/mol. The lowest BCUT2D eigenvalue weighted by atomic mass is 10.2. The van der Waals surface area contributed by atoms with Crippen molar-refractivity contribution < 1.29 is 9.18 Å². The van der Waals surface area contributed by atoms with Gasteiger partial charge in [-0.25, -0.2) is 14.2 Å². The van der Waals surface area contributed by atoms with Gasteiger partial charge in [-0.05, 0) is 24.3 Å². The SMILES string of the molecule is Cn1c(=O)c2cc(C(=O)Nc3cccc(F)c3)cnc2n(C)c1=O. The summed E-state index contributed by atoms with van der Waals surface area (Å²) >= 11 is 0. The second-order valence-corrected chi connectivity index (χ2v) is 5.27. The summed E-state index contributed by atoms with van der Waals surface area (Å²) < 4.78 is 15.3. The first-order valence-electron chi connectivity index (χ1n) is 7.01. The van der Waals surface area contributed by atoms with Crippen LogP contribution in [-0.4, -0.2) is 20.0 Å². The molecule has 0 aliphatic rings. The van der Waals surface area contributed by atoms with Crippen LogP contribution in [0, 0.1) is 5.82 Å². The van der Waals surface area contributed by atoms with Crippen molar-refractivity contribution in [2.45, 2.75) is 0 Å². The summed E-state index contributed by atoms with van der Waals surface area (Å²) in [6.45, 7) is 0. The number of aromatic nitrogens is 3. The summed E-state index contributed by atoms with van der Waals surface area (Å²) in [6, 6.07) is 6.80. The molecule has 2 heterocycles. The van der Waals surface area contributed by atoms with Gasteiger partial charge < -0.3 is 5.32 Å². The molecular weight excluding hydrogens is 315 g/mol. The van der Waals surface area contributed by atoms with E-state index in [0.717, 1.165) is 4.57 Å². The fourth-order valence-corrected chi connectivity index (χ4v) is 2.36. The highest BCUT2D eigenvalue weighted by Crippen LogP contribution is 2.13. The van der Waals surface area contributed by atoms with E-state index in [4.69, 9.17) is 0 Å². The lowest BCUT2D eigenvalue weighted by molar-refractivity contribution is 0.102. The second kappa shape index (κ2) is 5.73. The van der Waals surface area contributed by atoms with Gasteiger partial charge in [-0.3, -0.25) is 18.7 Å². The minimum Gasteiger partial charge on any atom is -0.322 e. The molecule has 1 N–H and O–H groups in total. The highest BCUT2D eigenvalue weighted by atomic mass is 19.1. The van der Waals surface area contributed by atoms with Gasteiger partial charge in [0.1, 0.15) is 11.5 Å². The molecule has 0 spiro atoms. The Hall–Kier alpha value is -3.29. The molecule has 8 heteroatoms. The van der Waals surface area contributed by atoms with Gasteiger partial charge in [-0.2, -0.15) is 0 Å². The molecule has 3 rings (SSSR count). The number of carbonyl (C=O) groups excluding carboxylic acids is 1. The van der Waals surface area contributed by atoms with Crippen LogP contribution in [0.4, 0.5) is 10.1 Å². The van der Waals surface area contributed by atoms with Gasteiger partial charge in [0, 0.05) is 26.0 Å². The molecule has 0 atom stereocenters. The third-order valence-electron chi connectivity index (χ3n) is 3.64. The van der Waals surface area contributed by atoms with E-state index in [1.165, 1.54) is 55.2 Å². The smallest absolute Gasteiger partial charge is 0.322 e. The first-order valence-corrected chi connectivity index (χ1v) is 7.01. The Balaban J connectivity index is 2.06. The molecule has 1 aromatic carbocycles. The standard InChI is InChI=1S/C16H13FN4O3/c1-20-13-12(15(23)21(2)16(20)24)6-9(8-18-13)14(22)19-11-5-3-4-10(17)7-11/h3-8H,1-2H3,(H,19,22).